The van der Waals surface area contributed by atoms with E-state index in [0.29, 0.717) is 6.04 Å². The average Bonchev–Trinajstić information content (AvgIpc) is 2.47. The Morgan fingerprint density at radius 2 is 1.53 bits per heavy atom. The van der Waals surface area contributed by atoms with E-state index in [1.807, 2.05) is 37.4 Å². The maximum atomic E-state index is 13.1. The summed E-state index contributed by atoms with van der Waals surface area (Å²) in [5.74, 6) is 0.0601. The molecule has 0 radical (unpaired) electrons. The summed E-state index contributed by atoms with van der Waals surface area (Å²) in [4.78, 5) is 0. The predicted octanol–water partition coefficient (Wildman–Crippen LogP) is 3.96. The zero-order chi connectivity index (χ0) is 13.7. The van der Waals surface area contributed by atoms with Gasteiger partial charge in [0, 0.05) is 12.0 Å². The summed E-state index contributed by atoms with van der Waals surface area (Å²) < 4.78 is 13.1. The molecular weight excluding hydrogens is 237 g/mol. The van der Waals surface area contributed by atoms with Crippen molar-refractivity contribution in [3.8, 4) is 0 Å². The van der Waals surface area contributed by atoms with Gasteiger partial charge in [0.2, 0.25) is 0 Å². The van der Waals surface area contributed by atoms with E-state index < -0.39 is 0 Å². The summed E-state index contributed by atoms with van der Waals surface area (Å²) in [7, 11) is 1.98. The van der Waals surface area contributed by atoms with Crippen LogP contribution in [0.15, 0.2) is 54.6 Å². The van der Waals surface area contributed by atoms with E-state index in [2.05, 4.69) is 24.4 Å². The first-order chi connectivity index (χ1) is 9.26. The SMILES string of the molecule is CCC(NC)C(c1ccccc1)c1ccc(F)cc1. The van der Waals surface area contributed by atoms with E-state index >= 15 is 0 Å². The molecule has 1 nitrogen and oxygen atoms in total. The van der Waals surface area contributed by atoms with Crippen LogP contribution in [0.5, 0.6) is 0 Å². The van der Waals surface area contributed by atoms with Crippen molar-refractivity contribution in [3.63, 3.8) is 0 Å². The van der Waals surface area contributed by atoms with Crippen molar-refractivity contribution in [2.45, 2.75) is 25.3 Å². The van der Waals surface area contributed by atoms with Crippen molar-refractivity contribution in [1.82, 2.24) is 5.32 Å². The number of benzene rings is 2. The van der Waals surface area contributed by atoms with Crippen molar-refractivity contribution in [3.05, 3.63) is 71.5 Å². The summed E-state index contributed by atoms with van der Waals surface area (Å²) in [6.07, 6.45) is 1.02. The van der Waals surface area contributed by atoms with Gasteiger partial charge in [0.05, 0.1) is 0 Å². The van der Waals surface area contributed by atoms with Crippen LogP contribution >= 0.6 is 0 Å². The second kappa shape index (κ2) is 6.48. The Bertz CT molecular complexity index is 488. The summed E-state index contributed by atoms with van der Waals surface area (Å²) >= 11 is 0. The number of nitrogens with one attached hydrogen (secondary N) is 1. The number of hydrogen-bond acceptors (Lipinski definition) is 1. The van der Waals surface area contributed by atoms with E-state index in [4.69, 9.17) is 0 Å². The van der Waals surface area contributed by atoms with E-state index in [-0.39, 0.29) is 11.7 Å². The summed E-state index contributed by atoms with van der Waals surface area (Å²) in [5, 5.41) is 3.37. The standard InChI is InChI=1S/C17H20FN/c1-3-16(19-2)17(13-7-5-4-6-8-13)14-9-11-15(18)12-10-14/h4-12,16-17,19H,3H2,1-2H3. The minimum Gasteiger partial charge on any atom is -0.316 e. The molecule has 0 fully saturated rings. The molecule has 0 heterocycles. The molecule has 100 valence electrons. The highest BCUT2D eigenvalue weighted by atomic mass is 19.1. The predicted molar refractivity (Wildman–Crippen MR) is 77.8 cm³/mol. The third-order valence-corrected chi connectivity index (χ3v) is 3.60. The molecule has 0 saturated heterocycles. The van der Waals surface area contributed by atoms with E-state index in [1.54, 1.807) is 0 Å². The second-order valence-electron chi connectivity index (χ2n) is 4.74. The van der Waals surface area contributed by atoms with Crippen molar-refractivity contribution in [2.24, 2.45) is 0 Å². The molecule has 0 saturated carbocycles. The third-order valence-electron chi connectivity index (χ3n) is 3.60. The van der Waals surface area contributed by atoms with Crippen LogP contribution in [0, 0.1) is 5.82 Å². The number of halogens is 1. The Labute approximate surface area is 114 Å². The monoisotopic (exact) mass is 257 g/mol. The Morgan fingerprint density at radius 1 is 0.947 bits per heavy atom. The molecule has 0 aliphatic rings. The highest BCUT2D eigenvalue weighted by molar-refractivity contribution is 5.34. The number of likely N-dealkylation sites (N-methyl/N-ethyl adjacent to an activating group) is 1. The Kier molecular flexibility index (Phi) is 4.69. The van der Waals surface area contributed by atoms with Crippen molar-refractivity contribution >= 4 is 0 Å². The molecule has 0 aliphatic heterocycles. The normalized spacial score (nSPS) is 14.1. The van der Waals surface area contributed by atoms with Crippen LogP contribution in [0.1, 0.15) is 30.4 Å². The molecule has 0 aliphatic carbocycles. The van der Waals surface area contributed by atoms with Crippen LogP contribution in [0.3, 0.4) is 0 Å². The Balaban J connectivity index is 2.42. The number of rotatable bonds is 5. The lowest BCUT2D eigenvalue weighted by Crippen LogP contribution is -2.32. The van der Waals surface area contributed by atoms with E-state index in [1.165, 1.54) is 17.7 Å². The van der Waals surface area contributed by atoms with Crippen LogP contribution in [-0.4, -0.2) is 13.1 Å². The summed E-state index contributed by atoms with van der Waals surface area (Å²) in [6.45, 7) is 2.17. The first-order valence-corrected chi connectivity index (χ1v) is 6.74. The molecule has 2 heteroatoms. The minimum absolute atomic E-state index is 0.187. The minimum atomic E-state index is -0.187. The smallest absolute Gasteiger partial charge is 0.123 e. The summed E-state index contributed by atoms with van der Waals surface area (Å²) in [6, 6.07) is 17.6. The lowest BCUT2D eigenvalue weighted by Gasteiger charge is -2.27. The largest absolute Gasteiger partial charge is 0.316 e. The first-order valence-electron chi connectivity index (χ1n) is 6.74. The van der Waals surface area contributed by atoms with Gasteiger partial charge in [-0.1, -0.05) is 49.4 Å². The van der Waals surface area contributed by atoms with Crippen molar-refractivity contribution in [2.75, 3.05) is 7.05 Å². The van der Waals surface area contributed by atoms with Gasteiger partial charge in [-0.3, -0.25) is 0 Å². The molecule has 1 N–H and O–H groups in total. The summed E-state index contributed by atoms with van der Waals surface area (Å²) in [5.41, 5.74) is 2.41. The maximum Gasteiger partial charge on any atom is 0.123 e. The molecule has 0 amide bonds. The Hall–Kier alpha value is -1.67. The third kappa shape index (κ3) is 3.21. The van der Waals surface area contributed by atoms with Gasteiger partial charge >= 0.3 is 0 Å². The first kappa shape index (κ1) is 13.8. The van der Waals surface area contributed by atoms with Gasteiger partial charge in [0.1, 0.15) is 5.82 Å². The molecule has 0 bridgehead atoms. The second-order valence-corrected chi connectivity index (χ2v) is 4.74. The van der Waals surface area contributed by atoms with Gasteiger partial charge in [-0.15, -0.1) is 0 Å². The zero-order valence-corrected chi connectivity index (χ0v) is 11.4. The van der Waals surface area contributed by atoms with Crippen molar-refractivity contribution in [1.29, 1.82) is 0 Å². The molecular formula is C17H20FN. The van der Waals surface area contributed by atoms with Gasteiger partial charge in [-0.05, 0) is 36.7 Å². The lowest BCUT2D eigenvalue weighted by atomic mass is 9.84. The molecule has 0 aromatic heterocycles. The fourth-order valence-corrected chi connectivity index (χ4v) is 2.59. The molecule has 2 rings (SSSR count). The van der Waals surface area contributed by atoms with Crippen LogP contribution in [0.4, 0.5) is 4.39 Å². The molecule has 2 aromatic rings. The van der Waals surface area contributed by atoms with Crippen molar-refractivity contribution < 1.29 is 4.39 Å². The molecule has 2 unspecified atom stereocenters. The van der Waals surface area contributed by atoms with Crippen LogP contribution < -0.4 is 5.32 Å². The quantitative estimate of drug-likeness (QED) is 0.855. The van der Waals surface area contributed by atoms with Gasteiger partial charge in [-0.2, -0.15) is 0 Å². The van der Waals surface area contributed by atoms with Gasteiger partial charge in [0.15, 0.2) is 0 Å². The number of hydrogen-bond donors (Lipinski definition) is 1. The van der Waals surface area contributed by atoms with Gasteiger partial charge in [-0.25, -0.2) is 4.39 Å². The maximum absolute atomic E-state index is 13.1. The molecule has 0 spiro atoms. The topological polar surface area (TPSA) is 12.0 Å². The van der Waals surface area contributed by atoms with Crippen LogP contribution in [-0.2, 0) is 0 Å². The molecule has 19 heavy (non-hydrogen) atoms. The highest BCUT2D eigenvalue weighted by Gasteiger charge is 2.22. The van der Waals surface area contributed by atoms with Gasteiger partial charge < -0.3 is 5.32 Å². The molecule has 2 atom stereocenters. The molecule has 2 aromatic carbocycles. The Morgan fingerprint density at radius 3 is 2.05 bits per heavy atom. The fourth-order valence-electron chi connectivity index (χ4n) is 2.59. The zero-order valence-electron chi connectivity index (χ0n) is 11.4. The lowest BCUT2D eigenvalue weighted by molar-refractivity contribution is 0.491. The fraction of sp³-hybridized carbons (Fsp3) is 0.294. The van der Waals surface area contributed by atoms with E-state index in [9.17, 15) is 4.39 Å². The van der Waals surface area contributed by atoms with Crippen LogP contribution in [0.2, 0.25) is 0 Å². The van der Waals surface area contributed by atoms with Crippen LogP contribution in [0.25, 0.3) is 0 Å². The van der Waals surface area contributed by atoms with Gasteiger partial charge in [0.25, 0.3) is 0 Å². The van der Waals surface area contributed by atoms with E-state index in [0.717, 1.165) is 12.0 Å². The average molecular weight is 257 g/mol. The highest BCUT2D eigenvalue weighted by Crippen LogP contribution is 2.29.